The minimum absolute atomic E-state index is 0.291. The highest BCUT2D eigenvalue weighted by Gasteiger charge is 2.12. The van der Waals surface area contributed by atoms with Crippen molar-refractivity contribution in [1.82, 2.24) is 5.32 Å². The Balaban J connectivity index is 2.01. The highest BCUT2D eigenvalue weighted by atomic mass is 16.5. The Morgan fingerprint density at radius 3 is 3.11 bits per heavy atom. The normalized spacial score (nSPS) is 19.9. The van der Waals surface area contributed by atoms with Gasteiger partial charge >= 0.3 is 5.97 Å². The third kappa shape index (κ3) is 3.47. The predicted octanol–water partition coefficient (Wildman–Crippen LogP) is 2.03. The third-order valence-electron chi connectivity index (χ3n) is 3.23. The van der Waals surface area contributed by atoms with Gasteiger partial charge in [-0.2, -0.15) is 0 Å². The van der Waals surface area contributed by atoms with Gasteiger partial charge in [0.05, 0.1) is 12.7 Å². The van der Waals surface area contributed by atoms with Crippen LogP contribution in [0, 0.1) is 0 Å². The highest BCUT2D eigenvalue weighted by Crippen LogP contribution is 2.16. The summed E-state index contributed by atoms with van der Waals surface area (Å²) in [6.07, 6.45) is 3.46. The molecule has 1 aliphatic heterocycles. The molecule has 0 aromatic heterocycles. The van der Waals surface area contributed by atoms with Gasteiger partial charge in [-0.15, -0.1) is 0 Å². The fourth-order valence-electron chi connectivity index (χ4n) is 2.25. The van der Waals surface area contributed by atoms with E-state index in [1.54, 1.807) is 6.07 Å². The molecule has 1 fully saturated rings. The molecule has 0 bridgehead atoms. The SMILES string of the molecule is COC(=O)c1cccc(NC2CCCNCC2)c1. The van der Waals surface area contributed by atoms with E-state index in [-0.39, 0.29) is 5.97 Å². The van der Waals surface area contributed by atoms with Crippen molar-refractivity contribution >= 4 is 11.7 Å². The monoisotopic (exact) mass is 248 g/mol. The summed E-state index contributed by atoms with van der Waals surface area (Å²) in [5.41, 5.74) is 1.58. The zero-order valence-corrected chi connectivity index (χ0v) is 10.7. The third-order valence-corrected chi connectivity index (χ3v) is 3.23. The Labute approximate surface area is 108 Å². The summed E-state index contributed by atoms with van der Waals surface area (Å²) in [6, 6.07) is 7.97. The second-order valence-electron chi connectivity index (χ2n) is 4.59. The van der Waals surface area contributed by atoms with Gasteiger partial charge in [0.2, 0.25) is 0 Å². The van der Waals surface area contributed by atoms with Gasteiger partial charge < -0.3 is 15.4 Å². The summed E-state index contributed by atoms with van der Waals surface area (Å²) in [7, 11) is 1.40. The summed E-state index contributed by atoms with van der Waals surface area (Å²) in [6.45, 7) is 2.15. The molecule has 1 aromatic carbocycles. The number of hydrogen-bond donors (Lipinski definition) is 2. The summed E-state index contributed by atoms with van der Waals surface area (Å²) in [5.74, 6) is -0.291. The van der Waals surface area contributed by atoms with Crippen LogP contribution < -0.4 is 10.6 Å². The van der Waals surface area contributed by atoms with E-state index in [2.05, 4.69) is 10.6 Å². The van der Waals surface area contributed by atoms with Gasteiger partial charge in [-0.3, -0.25) is 0 Å². The molecule has 1 saturated heterocycles. The van der Waals surface area contributed by atoms with Gasteiger partial charge in [0.15, 0.2) is 0 Å². The number of carbonyl (C=O) groups excluding carboxylic acids is 1. The lowest BCUT2D eigenvalue weighted by atomic mass is 10.1. The van der Waals surface area contributed by atoms with Crippen molar-refractivity contribution in [3.63, 3.8) is 0 Å². The molecule has 0 aliphatic carbocycles. The van der Waals surface area contributed by atoms with Crippen LogP contribution in [0.5, 0.6) is 0 Å². The first-order valence-electron chi connectivity index (χ1n) is 6.45. The van der Waals surface area contributed by atoms with E-state index in [9.17, 15) is 4.79 Å². The lowest BCUT2D eigenvalue weighted by Gasteiger charge is -2.17. The Morgan fingerprint density at radius 2 is 2.28 bits per heavy atom. The molecule has 18 heavy (non-hydrogen) atoms. The number of hydrogen-bond acceptors (Lipinski definition) is 4. The molecule has 2 N–H and O–H groups in total. The molecule has 0 radical (unpaired) electrons. The summed E-state index contributed by atoms with van der Waals surface area (Å²) < 4.78 is 4.72. The predicted molar refractivity (Wildman–Crippen MR) is 71.9 cm³/mol. The first kappa shape index (κ1) is 12.9. The van der Waals surface area contributed by atoms with E-state index in [1.165, 1.54) is 13.5 Å². The first-order chi connectivity index (χ1) is 8.79. The van der Waals surface area contributed by atoms with Crippen LogP contribution in [0.25, 0.3) is 0 Å². The second-order valence-corrected chi connectivity index (χ2v) is 4.59. The number of carbonyl (C=O) groups is 1. The van der Waals surface area contributed by atoms with Crippen molar-refractivity contribution in [2.24, 2.45) is 0 Å². The molecule has 2 rings (SSSR count). The summed E-state index contributed by atoms with van der Waals surface area (Å²) in [4.78, 5) is 11.5. The molecular formula is C14H20N2O2. The average molecular weight is 248 g/mol. The number of esters is 1. The van der Waals surface area contributed by atoms with Crippen molar-refractivity contribution in [2.45, 2.75) is 25.3 Å². The fraction of sp³-hybridized carbons (Fsp3) is 0.500. The highest BCUT2D eigenvalue weighted by molar-refractivity contribution is 5.90. The maximum atomic E-state index is 11.5. The Bertz CT molecular complexity index is 399. The van der Waals surface area contributed by atoms with Crippen LogP contribution in [-0.4, -0.2) is 32.2 Å². The molecule has 0 amide bonds. The van der Waals surface area contributed by atoms with Crippen molar-refractivity contribution < 1.29 is 9.53 Å². The van der Waals surface area contributed by atoms with Crippen LogP contribution >= 0.6 is 0 Å². The number of rotatable bonds is 3. The Morgan fingerprint density at radius 1 is 1.39 bits per heavy atom. The zero-order chi connectivity index (χ0) is 12.8. The van der Waals surface area contributed by atoms with Crippen molar-refractivity contribution in [3.05, 3.63) is 29.8 Å². The van der Waals surface area contributed by atoms with Crippen LogP contribution in [0.2, 0.25) is 0 Å². The van der Waals surface area contributed by atoms with Gasteiger partial charge in [0.1, 0.15) is 0 Å². The van der Waals surface area contributed by atoms with Crippen molar-refractivity contribution in [3.8, 4) is 0 Å². The van der Waals surface area contributed by atoms with Crippen LogP contribution in [0.1, 0.15) is 29.6 Å². The molecular weight excluding hydrogens is 228 g/mol. The smallest absolute Gasteiger partial charge is 0.337 e. The number of benzene rings is 1. The van der Waals surface area contributed by atoms with E-state index in [4.69, 9.17) is 4.74 Å². The number of anilines is 1. The molecule has 4 nitrogen and oxygen atoms in total. The minimum Gasteiger partial charge on any atom is -0.465 e. The van der Waals surface area contributed by atoms with Crippen molar-refractivity contribution in [2.75, 3.05) is 25.5 Å². The molecule has 1 heterocycles. The first-order valence-corrected chi connectivity index (χ1v) is 6.45. The Hall–Kier alpha value is -1.55. The van der Waals surface area contributed by atoms with E-state index in [1.807, 2.05) is 18.2 Å². The van der Waals surface area contributed by atoms with Gasteiger partial charge in [-0.25, -0.2) is 4.79 Å². The van der Waals surface area contributed by atoms with Gasteiger partial charge in [-0.1, -0.05) is 6.07 Å². The standard InChI is InChI=1S/C14H20N2O2/c1-18-14(17)11-4-2-5-13(10-11)16-12-6-3-8-15-9-7-12/h2,4-5,10,12,15-16H,3,6-9H2,1H3. The molecule has 0 spiro atoms. The fourth-order valence-corrected chi connectivity index (χ4v) is 2.25. The van der Waals surface area contributed by atoms with Gasteiger partial charge in [0.25, 0.3) is 0 Å². The molecule has 98 valence electrons. The largest absolute Gasteiger partial charge is 0.465 e. The lowest BCUT2D eigenvalue weighted by molar-refractivity contribution is 0.0601. The number of ether oxygens (including phenoxy) is 1. The van der Waals surface area contributed by atoms with E-state index in [0.29, 0.717) is 11.6 Å². The van der Waals surface area contributed by atoms with Crippen LogP contribution in [0.4, 0.5) is 5.69 Å². The van der Waals surface area contributed by atoms with Crippen LogP contribution in [-0.2, 0) is 4.74 Å². The van der Waals surface area contributed by atoms with Gasteiger partial charge in [-0.05, 0) is 50.6 Å². The summed E-state index contributed by atoms with van der Waals surface area (Å²) >= 11 is 0. The summed E-state index contributed by atoms with van der Waals surface area (Å²) in [5, 5.41) is 6.88. The van der Waals surface area contributed by atoms with E-state index >= 15 is 0 Å². The van der Waals surface area contributed by atoms with E-state index < -0.39 is 0 Å². The van der Waals surface area contributed by atoms with Gasteiger partial charge in [0, 0.05) is 11.7 Å². The maximum Gasteiger partial charge on any atom is 0.337 e. The lowest BCUT2D eigenvalue weighted by Crippen LogP contribution is -2.21. The molecule has 1 unspecified atom stereocenters. The topological polar surface area (TPSA) is 50.4 Å². The van der Waals surface area contributed by atoms with Crippen LogP contribution in [0.3, 0.4) is 0 Å². The quantitative estimate of drug-likeness (QED) is 0.804. The average Bonchev–Trinajstić information content (AvgIpc) is 2.67. The van der Waals surface area contributed by atoms with Crippen LogP contribution in [0.15, 0.2) is 24.3 Å². The minimum atomic E-state index is -0.291. The molecule has 4 heteroatoms. The Kier molecular flexibility index (Phi) is 4.59. The number of nitrogens with one attached hydrogen (secondary N) is 2. The molecule has 1 atom stereocenters. The van der Waals surface area contributed by atoms with Crippen molar-refractivity contribution in [1.29, 1.82) is 0 Å². The maximum absolute atomic E-state index is 11.5. The molecule has 0 saturated carbocycles. The van der Waals surface area contributed by atoms with E-state index in [0.717, 1.165) is 31.6 Å². The second kappa shape index (κ2) is 6.40. The molecule has 1 aromatic rings. The zero-order valence-electron chi connectivity index (χ0n) is 10.7. The number of methoxy groups -OCH3 is 1. The molecule has 1 aliphatic rings.